The van der Waals surface area contributed by atoms with Gasteiger partial charge in [0.15, 0.2) is 5.65 Å². The van der Waals surface area contributed by atoms with Gasteiger partial charge in [0.05, 0.1) is 17.4 Å². The molecule has 0 radical (unpaired) electrons. The van der Waals surface area contributed by atoms with Gasteiger partial charge in [0.2, 0.25) is 0 Å². The molecule has 0 bridgehead atoms. The predicted molar refractivity (Wildman–Crippen MR) is 134 cm³/mol. The third-order valence-corrected chi connectivity index (χ3v) is 6.30. The van der Waals surface area contributed by atoms with E-state index in [-0.39, 0.29) is 22.9 Å². The first kappa shape index (κ1) is 22.9. The minimum Gasteiger partial charge on any atom is -0.441 e. The summed E-state index contributed by atoms with van der Waals surface area (Å²) in [5, 5.41) is 0. The lowest BCUT2D eigenvalue weighted by Gasteiger charge is -2.35. The van der Waals surface area contributed by atoms with Crippen molar-refractivity contribution in [3.63, 3.8) is 0 Å². The molecule has 0 spiro atoms. The molecule has 3 aromatic heterocycles. The van der Waals surface area contributed by atoms with Gasteiger partial charge in [0, 0.05) is 51.0 Å². The molecule has 4 heterocycles. The van der Waals surface area contributed by atoms with E-state index in [1.807, 2.05) is 28.8 Å². The average molecular weight is 475 g/mol. The Hall–Kier alpha value is -3.88. The Kier molecular flexibility index (Phi) is 5.70. The number of piperazine rings is 1. The van der Waals surface area contributed by atoms with Gasteiger partial charge < -0.3 is 14.2 Å². The molecule has 5 rings (SSSR count). The average Bonchev–Trinajstić information content (AvgIpc) is 3.47. The summed E-state index contributed by atoms with van der Waals surface area (Å²) >= 11 is 0. The largest absolute Gasteiger partial charge is 0.441 e. The zero-order chi connectivity index (χ0) is 24.7. The van der Waals surface area contributed by atoms with Crippen LogP contribution in [0.4, 0.5) is 5.69 Å². The lowest BCUT2D eigenvalue weighted by molar-refractivity contribution is 0.0706. The van der Waals surface area contributed by atoms with E-state index in [1.165, 1.54) is 12.5 Å². The summed E-state index contributed by atoms with van der Waals surface area (Å²) in [4.78, 5) is 38.2. The van der Waals surface area contributed by atoms with Crippen molar-refractivity contribution in [2.45, 2.75) is 27.3 Å². The van der Waals surface area contributed by atoms with Crippen LogP contribution < -0.4 is 10.6 Å². The molecule has 0 unspecified atom stereocenters. The molecule has 4 aromatic rings. The number of aromatic nitrogens is 4. The maximum absolute atomic E-state index is 12.9. The molecule has 9 heteroatoms. The Morgan fingerprint density at radius 2 is 1.86 bits per heavy atom. The van der Waals surface area contributed by atoms with Gasteiger partial charge in [-0.2, -0.15) is 0 Å². The van der Waals surface area contributed by atoms with Gasteiger partial charge in [-0.1, -0.05) is 32.9 Å². The molecule has 0 saturated carbocycles. The molecule has 1 aliphatic heterocycles. The van der Waals surface area contributed by atoms with Gasteiger partial charge in [-0.15, -0.1) is 0 Å². The Morgan fingerprint density at radius 1 is 1.09 bits per heavy atom. The van der Waals surface area contributed by atoms with Crippen molar-refractivity contribution < 1.29 is 9.21 Å². The number of pyridine rings is 1. The van der Waals surface area contributed by atoms with E-state index in [0.717, 1.165) is 22.5 Å². The summed E-state index contributed by atoms with van der Waals surface area (Å²) in [7, 11) is 1.77. The summed E-state index contributed by atoms with van der Waals surface area (Å²) in [6.45, 7) is 9.61. The van der Waals surface area contributed by atoms with Crippen LogP contribution in [0.5, 0.6) is 0 Å². The summed E-state index contributed by atoms with van der Waals surface area (Å²) < 4.78 is 8.58. The van der Waals surface area contributed by atoms with Gasteiger partial charge in [-0.25, -0.2) is 14.8 Å². The number of nitrogens with zero attached hydrogens (tertiary/aromatic N) is 6. The summed E-state index contributed by atoms with van der Waals surface area (Å²) in [5.41, 5.74) is 4.34. The number of amides is 1. The zero-order valence-electron chi connectivity index (χ0n) is 20.6. The van der Waals surface area contributed by atoms with Gasteiger partial charge in [0.1, 0.15) is 6.26 Å². The molecule has 0 N–H and O–H groups in total. The van der Waals surface area contributed by atoms with Gasteiger partial charge in [-0.3, -0.25) is 13.9 Å². The second kappa shape index (κ2) is 8.72. The quantitative estimate of drug-likeness (QED) is 0.450. The molecule has 1 fully saturated rings. The molecule has 1 aromatic carbocycles. The number of benzene rings is 1. The molecular formula is C26H30N6O3. The van der Waals surface area contributed by atoms with Crippen LogP contribution in [0, 0.1) is 5.41 Å². The lowest BCUT2D eigenvalue weighted by Crippen LogP contribution is -2.48. The molecular weight excluding hydrogens is 444 g/mol. The number of aryl methyl sites for hydroxylation is 1. The third-order valence-electron chi connectivity index (χ3n) is 6.30. The first-order chi connectivity index (χ1) is 16.7. The second-order valence-electron chi connectivity index (χ2n) is 10.2. The maximum atomic E-state index is 12.9. The highest BCUT2D eigenvalue weighted by Crippen LogP contribution is 2.27. The highest BCUT2D eigenvalue weighted by Gasteiger charge is 2.25. The second-order valence-corrected chi connectivity index (χ2v) is 10.2. The number of anilines is 1. The number of imidazole rings is 1. The number of carbonyl (C=O) groups is 1. The van der Waals surface area contributed by atoms with Crippen molar-refractivity contribution in [1.29, 1.82) is 0 Å². The molecule has 182 valence electrons. The number of hydrogen-bond donors (Lipinski definition) is 0. The van der Waals surface area contributed by atoms with Crippen molar-refractivity contribution in [2.24, 2.45) is 12.5 Å². The predicted octanol–water partition coefficient (Wildman–Crippen LogP) is 3.40. The van der Waals surface area contributed by atoms with E-state index >= 15 is 0 Å². The fourth-order valence-corrected chi connectivity index (χ4v) is 4.56. The van der Waals surface area contributed by atoms with Crippen molar-refractivity contribution in [3.8, 4) is 11.3 Å². The van der Waals surface area contributed by atoms with E-state index in [1.54, 1.807) is 16.5 Å². The normalized spacial score (nSPS) is 14.6. The number of carbonyl (C=O) groups excluding carboxylic acids is 1. The standard InChI is InChI=1S/C26H30N6O3/c1-26(2,3)17-32-21-9-8-20(28-22(21)29(4)25(32)34)18-6-5-7-19(16-18)30-11-13-31(14-12-30)24(33)23-27-10-15-35-23/h5-10,15-16H,11-14,17H2,1-4H3. The minimum atomic E-state index is -0.176. The Morgan fingerprint density at radius 3 is 2.54 bits per heavy atom. The summed E-state index contributed by atoms with van der Waals surface area (Å²) in [6.07, 6.45) is 2.90. The Bertz CT molecular complexity index is 1420. The van der Waals surface area contributed by atoms with E-state index in [9.17, 15) is 9.59 Å². The minimum absolute atomic E-state index is 0.0196. The number of oxazole rings is 1. The smallest absolute Gasteiger partial charge is 0.330 e. The van der Waals surface area contributed by atoms with E-state index in [4.69, 9.17) is 9.40 Å². The van der Waals surface area contributed by atoms with E-state index in [0.29, 0.717) is 38.4 Å². The highest BCUT2D eigenvalue weighted by molar-refractivity contribution is 5.89. The SMILES string of the molecule is Cn1c(=O)n(CC(C)(C)C)c2ccc(-c3cccc(N4CCN(C(=O)c5ncco5)CC4)c3)nc21. The summed E-state index contributed by atoms with van der Waals surface area (Å²) in [5.74, 6) is -0.0439. The fraction of sp³-hybridized carbons (Fsp3) is 0.385. The topological polar surface area (TPSA) is 89.4 Å². The maximum Gasteiger partial charge on any atom is 0.330 e. The Labute approximate surface area is 203 Å². The van der Waals surface area contributed by atoms with Gasteiger partial charge in [0.25, 0.3) is 5.89 Å². The van der Waals surface area contributed by atoms with Crippen molar-refractivity contribution in [2.75, 3.05) is 31.1 Å². The molecule has 9 nitrogen and oxygen atoms in total. The molecule has 1 saturated heterocycles. The third kappa shape index (κ3) is 4.45. The number of fused-ring (bicyclic) bond motifs is 1. The Balaban J connectivity index is 1.37. The molecule has 0 atom stereocenters. The highest BCUT2D eigenvalue weighted by atomic mass is 16.4. The van der Waals surface area contributed by atoms with Crippen molar-refractivity contribution in [1.82, 2.24) is 24.0 Å². The van der Waals surface area contributed by atoms with Crippen LogP contribution in [0.15, 0.2) is 58.1 Å². The first-order valence-corrected chi connectivity index (χ1v) is 11.8. The number of hydrogen-bond acceptors (Lipinski definition) is 6. The van der Waals surface area contributed by atoms with E-state index in [2.05, 4.69) is 42.8 Å². The zero-order valence-corrected chi connectivity index (χ0v) is 20.6. The molecule has 0 aliphatic carbocycles. The van der Waals surface area contributed by atoms with Crippen molar-refractivity contribution >= 4 is 22.8 Å². The molecule has 35 heavy (non-hydrogen) atoms. The van der Waals surface area contributed by atoms with Crippen molar-refractivity contribution in [3.05, 3.63) is 65.2 Å². The monoisotopic (exact) mass is 474 g/mol. The lowest BCUT2D eigenvalue weighted by atomic mass is 9.97. The summed E-state index contributed by atoms with van der Waals surface area (Å²) in [6, 6.07) is 12.2. The molecule has 1 amide bonds. The van der Waals surface area contributed by atoms with Crippen LogP contribution in [-0.4, -0.2) is 56.1 Å². The first-order valence-electron chi connectivity index (χ1n) is 11.8. The van der Waals surface area contributed by atoms with Crippen LogP contribution in [0.25, 0.3) is 22.4 Å². The fourth-order valence-electron chi connectivity index (χ4n) is 4.56. The van der Waals surface area contributed by atoms with E-state index < -0.39 is 0 Å². The number of rotatable bonds is 4. The van der Waals surface area contributed by atoms with Crippen LogP contribution in [-0.2, 0) is 13.6 Å². The van der Waals surface area contributed by atoms with Crippen LogP contribution in [0.2, 0.25) is 0 Å². The van der Waals surface area contributed by atoms with Gasteiger partial charge >= 0.3 is 11.6 Å². The van der Waals surface area contributed by atoms with Crippen LogP contribution in [0.1, 0.15) is 31.5 Å². The van der Waals surface area contributed by atoms with Gasteiger partial charge in [-0.05, 0) is 29.7 Å². The van der Waals surface area contributed by atoms with Crippen LogP contribution >= 0.6 is 0 Å². The van der Waals surface area contributed by atoms with Crippen LogP contribution in [0.3, 0.4) is 0 Å². The molecule has 1 aliphatic rings.